The van der Waals surface area contributed by atoms with Crippen molar-refractivity contribution in [3.05, 3.63) is 34.6 Å². The summed E-state index contributed by atoms with van der Waals surface area (Å²) in [4.78, 5) is 10.9. The van der Waals surface area contributed by atoms with E-state index in [1.54, 1.807) is 0 Å². The van der Waals surface area contributed by atoms with Crippen molar-refractivity contribution in [2.24, 2.45) is 0 Å². The molecule has 0 radical (unpaired) electrons. The molecular weight excluding hydrogens is 259 g/mol. The summed E-state index contributed by atoms with van der Waals surface area (Å²) in [6.07, 6.45) is -0.957. The van der Waals surface area contributed by atoms with Gasteiger partial charge in [-0.1, -0.05) is 17.7 Å². The molecular formula is C10H7ClF3NO2. The van der Waals surface area contributed by atoms with Gasteiger partial charge in [0.25, 0.3) is 0 Å². The van der Waals surface area contributed by atoms with Gasteiger partial charge in [-0.3, -0.25) is 0 Å². The van der Waals surface area contributed by atoms with E-state index in [-0.39, 0.29) is 10.6 Å². The van der Waals surface area contributed by atoms with Crippen LogP contribution in [0.4, 0.5) is 18.0 Å². The molecule has 0 spiro atoms. The number of carbonyl (C=O) groups excluding carboxylic acids is 1. The maximum Gasteiger partial charge on any atom is 0.408 e. The van der Waals surface area contributed by atoms with Crippen LogP contribution in [0.1, 0.15) is 11.6 Å². The molecule has 1 fully saturated rings. The van der Waals surface area contributed by atoms with Gasteiger partial charge in [-0.25, -0.2) is 18.0 Å². The molecule has 1 saturated heterocycles. The van der Waals surface area contributed by atoms with Crippen LogP contribution in [-0.2, 0) is 4.74 Å². The number of alkyl halides is 2. The number of nitrogens with one attached hydrogen (secondary N) is 1. The average Bonchev–Trinajstić information content (AvgIpc) is 2.23. The van der Waals surface area contributed by atoms with E-state index in [9.17, 15) is 18.0 Å². The van der Waals surface area contributed by atoms with Crippen molar-refractivity contribution >= 4 is 17.7 Å². The van der Waals surface area contributed by atoms with E-state index in [2.05, 4.69) is 4.74 Å². The second kappa shape index (κ2) is 4.10. The Morgan fingerprint density at radius 1 is 1.47 bits per heavy atom. The van der Waals surface area contributed by atoms with Gasteiger partial charge in [-0.15, -0.1) is 0 Å². The van der Waals surface area contributed by atoms with Gasteiger partial charge < -0.3 is 10.1 Å². The number of hydrogen-bond acceptors (Lipinski definition) is 2. The zero-order chi connectivity index (χ0) is 12.6. The molecule has 1 N–H and O–H groups in total. The third-order valence-corrected chi connectivity index (χ3v) is 2.68. The minimum absolute atomic E-state index is 0.0466. The summed E-state index contributed by atoms with van der Waals surface area (Å²) in [5, 5.41) is 1.80. The van der Waals surface area contributed by atoms with E-state index in [0.717, 1.165) is 18.2 Å². The lowest BCUT2D eigenvalue weighted by molar-refractivity contribution is -0.104. The topological polar surface area (TPSA) is 38.3 Å². The molecule has 17 heavy (non-hydrogen) atoms. The molecule has 1 atom stereocenters. The first kappa shape index (κ1) is 12.0. The molecule has 1 aliphatic rings. The summed E-state index contributed by atoms with van der Waals surface area (Å²) in [7, 11) is 0. The lowest BCUT2D eigenvalue weighted by Gasteiger charge is -2.32. The van der Waals surface area contributed by atoms with Gasteiger partial charge in [0.05, 0.1) is 0 Å². The zero-order valence-electron chi connectivity index (χ0n) is 8.34. The second-order valence-electron chi connectivity index (χ2n) is 3.58. The monoisotopic (exact) mass is 265 g/mol. The molecule has 92 valence electrons. The molecule has 1 aromatic carbocycles. The molecule has 0 aliphatic carbocycles. The molecule has 0 aromatic heterocycles. The van der Waals surface area contributed by atoms with Crippen LogP contribution in [0.3, 0.4) is 0 Å². The largest absolute Gasteiger partial charge is 0.443 e. The van der Waals surface area contributed by atoms with Gasteiger partial charge in [0.2, 0.25) is 0 Å². The Morgan fingerprint density at radius 3 is 2.82 bits per heavy atom. The van der Waals surface area contributed by atoms with E-state index in [4.69, 9.17) is 11.6 Å². The van der Waals surface area contributed by atoms with Crippen LogP contribution in [0, 0.1) is 5.82 Å². The summed E-state index contributed by atoms with van der Waals surface area (Å²) in [5.74, 6) is -3.93. The highest BCUT2D eigenvalue weighted by Gasteiger charge is 2.47. The standard InChI is InChI=1S/C10H7ClF3NO2/c11-7-3-5(12)1-2-6(7)8-10(13,14)4-17-9(16)15-8/h1-3,8H,4H2,(H,15,16)/t8-/m0/s1. The Morgan fingerprint density at radius 2 is 2.18 bits per heavy atom. The number of benzene rings is 1. The number of rotatable bonds is 1. The number of amides is 1. The van der Waals surface area contributed by atoms with Gasteiger partial charge >= 0.3 is 12.0 Å². The van der Waals surface area contributed by atoms with Crippen molar-refractivity contribution in [3.8, 4) is 0 Å². The smallest absolute Gasteiger partial charge is 0.408 e. The van der Waals surface area contributed by atoms with Crippen molar-refractivity contribution in [2.75, 3.05) is 6.61 Å². The lowest BCUT2D eigenvalue weighted by atomic mass is 10.00. The first-order valence-corrected chi connectivity index (χ1v) is 5.04. The van der Waals surface area contributed by atoms with Crippen LogP contribution in [0.25, 0.3) is 0 Å². The number of carbonyl (C=O) groups is 1. The van der Waals surface area contributed by atoms with Crippen molar-refractivity contribution in [1.29, 1.82) is 0 Å². The Kier molecular flexibility index (Phi) is 2.91. The van der Waals surface area contributed by atoms with Gasteiger partial charge in [0.15, 0.2) is 6.61 Å². The Hall–Kier alpha value is -1.43. The molecule has 1 aliphatic heterocycles. The minimum atomic E-state index is -3.30. The lowest BCUT2D eigenvalue weighted by Crippen LogP contribution is -2.49. The van der Waals surface area contributed by atoms with Crippen molar-refractivity contribution < 1.29 is 22.7 Å². The predicted octanol–water partition coefficient (Wildman–Crippen LogP) is 2.90. The molecule has 7 heteroatoms. The van der Waals surface area contributed by atoms with Crippen LogP contribution in [0.5, 0.6) is 0 Å². The van der Waals surface area contributed by atoms with Gasteiger partial charge in [-0.2, -0.15) is 0 Å². The summed E-state index contributed by atoms with van der Waals surface area (Å²) in [6.45, 7) is -1.03. The summed E-state index contributed by atoms with van der Waals surface area (Å²) < 4.78 is 44.0. The van der Waals surface area contributed by atoms with Crippen molar-refractivity contribution in [1.82, 2.24) is 5.32 Å². The van der Waals surface area contributed by atoms with Crippen LogP contribution >= 0.6 is 11.6 Å². The molecule has 1 aromatic rings. The zero-order valence-corrected chi connectivity index (χ0v) is 9.10. The summed E-state index contributed by atoms with van der Waals surface area (Å²) >= 11 is 5.67. The Bertz CT molecular complexity index is 467. The van der Waals surface area contributed by atoms with E-state index in [1.165, 1.54) is 0 Å². The highest BCUT2D eigenvalue weighted by molar-refractivity contribution is 6.31. The molecule has 0 unspecified atom stereocenters. The first-order chi connectivity index (χ1) is 7.90. The fourth-order valence-corrected chi connectivity index (χ4v) is 1.83. The van der Waals surface area contributed by atoms with Gasteiger partial charge in [0, 0.05) is 5.02 Å². The molecule has 2 rings (SSSR count). The molecule has 1 amide bonds. The Labute approximate surface area is 99.5 Å². The highest BCUT2D eigenvalue weighted by Crippen LogP contribution is 2.37. The first-order valence-electron chi connectivity index (χ1n) is 4.66. The molecule has 1 heterocycles. The van der Waals surface area contributed by atoms with Gasteiger partial charge in [0.1, 0.15) is 11.9 Å². The maximum atomic E-state index is 13.5. The number of alkyl carbamates (subject to hydrolysis) is 1. The van der Waals surface area contributed by atoms with Crippen LogP contribution in [0.15, 0.2) is 18.2 Å². The molecule has 3 nitrogen and oxygen atoms in total. The molecule has 0 bridgehead atoms. The maximum absolute atomic E-state index is 13.5. The third kappa shape index (κ3) is 2.31. The highest BCUT2D eigenvalue weighted by atomic mass is 35.5. The number of hydrogen-bond donors (Lipinski definition) is 1. The summed E-state index contributed by atoms with van der Waals surface area (Å²) in [5.41, 5.74) is -0.0466. The second-order valence-corrected chi connectivity index (χ2v) is 3.99. The molecule has 0 saturated carbocycles. The quantitative estimate of drug-likeness (QED) is 0.848. The van der Waals surface area contributed by atoms with Crippen LogP contribution in [0.2, 0.25) is 5.02 Å². The number of cyclic esters (lactones) is 1. The normalized spacial score (nSPS) is 22.8. The van der Waals surface area contributed by atoms with Crippen molar-refractivity contribution in [2.45, 2.75) is 12.0 Å². The van der Waals surface area contributed by atoms with Crippen molar-refractivity contribution in [3.63, 3.8) is 0 Å². The minimum Gasteiger partial charge on any atom is -0.443 e. The van der Waals surface area contributed by atoms with E-state index in [1.807, 2.05) is 5.32 Å². The van der Waals surface area contributed by atoms with Gasteiger partial charge in [-0.05, 0) is 17.7 Å². The third-order valence-electron chi connectivity index (χ3n) is 2.35. The van der Waals surface area contributed by atoms with E-state index >= 15 is 0 Å². The average molecular weight is 266 g/mol. The van der Waals surface area contributed by atoms with E-state index in [0.29, 0.717) is 0 Å². The fourth-order valence-electron chi connectivity index (χ4n) is 1.55. The van der Waals surface area contributed by atoms with E-state index < -0.39 is 30.5 Å². The Balaban J connectivity index is 2.39. The predicted molar refractivity (Wildman–Crippen MR) is 53.6 cm³/mol. The number of ether oxygens (including phenoxy) is 1. The fraction of sp³-hybridized carbons (Fsp3) is 0.300. The summed E-state index contributed by atoms with van der Waals surface area (Å²) in [6, 6.07) is 1.41. The number of halogens is 4. The van der Waals surface area contributed by atoms with Crippen LogP contribution < -0.4 is 5.32 Å². The SMILES string of the molecule is O=C1N[C@@H](c2ccc(F)cc2Cl)C(F)(F)CO1. The van der Waals surface area contributed by atoms with Crippen LogP contribution in [-0.4, -0.2) is 18.6 Å².